The van der Waals surface area contributed by atoms with Gasteiger partial charge in [0.1, 0.15) is 0 Å². The molecule has 0 radical (unpaired) electrons. The van der Waals surface area contributed by atoms with E-state index in [2.05, 4.69) is 5.32 Å². The van der Waals surface area contributed by atoms with Crippen LogP contribution in [0.2, 0.25) is 0 Å². The van der Waals surface area contributed by atoms with E-state index >= 15 is 0 Å². The first-order valence-corrected chi connectivity index (χ1v) is 4.56. The molecule has 1 rings (SSSR count). The van der Waals surface area contributed by atoms with Crippen molar-refractivity contribution in [1.29, 1.82) is 0 Å². The molecule has 0 saturated carbocycles. The molecule has 1 atom stereocenters. The van der Waals surface area contributed by atoms with E-state index < -0.39 is 5.72 Å². The van der Waals surface area contributed by atoms with Crippen molar-refractivity contribution in [2.24, 2.45) is 0 Å². The first-order valence-electron chi connectivity index (χ1n) is 3.68. The van der Waals surface area contributed by atoms with Crippen LogP contribution in [0.4, 0.5) is 0 Å². The molecule has 0 spiro atoms. The van der Waals surface area contributed by atoms with E-state index in [1.54, 1.807) is 18.4 Å². The van der Waals surface area contributed by atoms with Gasteiger partial charge in [-0.2, -0.15) is 0 Å². The molecule has 0 aliphatic carbocycles. The van der Waals surface area contributed by atoms with E-state index in [9.17, 15) is 5.11 Å². The lowest BCUT2D eigenvalue weighted by Gasteiger charge is -2.24. The van der Waals surface area contributed by atoms with E-state index in [1.165, 1.54) is 0 Å². The molecular formula is C8H13NOS. The van der Waals surface area contributed by atoms with Crippen molar-refractivity contribution in [2.45, 2.75) is 19.1 Å². The first kappa shape index (κ1) is 8.71. The van der Waals surface area contributed by atoms with Crippen LogP contribution in [0.1, 0.15) is 18.2 Å². The van der Waals surface area contributed by atoms with Gasteiger partial charge in [-0.3, -0.25) is 5.32 Å². The monoisotopic (exact) mass is 171 g/mol. The van der Waals surface area contributed by atoms with Crippen LogP contribution in [0, 0.1) is 0 Å². The van der Waals surface area contributed by atoms with Crippen LogP contribution in [-0.4, -0.2) is 12.2 Å². The number of rotatable bonds is 3. The molecular weight excluding hydrogens is 158 g/mol. The summed E-state index contributed by atoms with van der Waals surface area (Å²) in [6, 6.07) is 3.88. The lowest BCUT2D eigenvalue weighted by atomic mass is 10.1. The maximum absolute atomic E-state index is 9.89. The summed E-state index contributed by atoms with van der Waals surface area (Å²) in [5.74, 6) is 0. The van der Waals surface area contributed by atoms with Crippen molar-refractivity contribution >= 4 is 11.3 Å². The Morgan fingerprint density at radius 2 is 2.45 bits per heavy atom. The van der Waals surface area contributed by atoms with Gasteiger partial charge in [0.05, 0.1) is 4.88 Å². The van der Waals surface area contributed by atoms with Crippen LogP contribution in [0.15, 0.2) is 17.5 Å². The van der Waals surface area contributed by atoms with Crippen LogP contribution in [0.5, 0.6) is 0 Å². The zero-order valence-corrected chi connectivity index (χ0v) is 7.61. The van der Waals surface area contributed by atoms with Gasteiger partial charge in [-0.15, -0.1) is 11.3 Å². The van der Waals surface area contributed by atoms with E-state index in [4.69, 9.17) is 0 Å². The fourth-order valence-electron chi connectivity index (χ4n) is 0.988. The van der Waals surface area contributed by atoms with Gasteiger partial charge in [0, 0.05) is 0 Å². The SMILES string of the molecule is CC[C@](O)(NC)c1cccs1. The first-order chi connectivity index (χ1) is 5.23. The molecule has 0 aliphatic heterocycles. The fourth-order valence-corrected chi connectivity index (χ4v) is 1.89. The molecule has 1 aromatic heterocycles. The Balaban J connectivity index is 2.87. The molecule has 1 aromatic rings. The zero-order chi connectivity index (χ0) is 8.32. The molecule has 11 heavy (non-hydrogen) atoms. The van der Waals surface area contributed by atoms with Crippen LogP contribution in [0.25, 0.3) is 0 Å². The zero-order valence-electron chi connectivity index (χ0n) is 6.79. The highest BCUT2D eigenvalue weighted by Crippen LogP contribution is 2.25. The van der Waals surface area contributed by atoms with Crippen molar-refractivity contribution in [3.05, 3.63) is 22.4 Å². The third-order valence-electron chi connectivity index (χ3n) is 1.85. The molecule has 2 nitrogen and oxygen atoms in total. The fraction of sp³-hybridized carbons (Fsp3) is 0.500. The minimum absolute atomic E-state index is 0.685. The van der Waals surface area contributed by atoms with E-state index in [0.717, 1.165) is 4.88 Å². The van der Waals surface area contributed by atoms with Gasteiger partial charge in [0.25, 0.3) is 0 Å². The average molecular weight is 171 g/mol. The van der Waals surface area contributed by atoms with Gasteiger partial charge in [-0.1, -0.05) is 13.0 Å². The Morgan fingerprint density at radius 1 is 1.73 bits per heavy atom. The quantitative estimate of drug-likeness (QED) is 0.676. The summed E-state index contributed by atoms with van der Waals surface area (Å²) in [6.45, 7) is 1.95. The van der Waals surface area contributed by atoms with Gasteiger partial charge >= 0.3 is 0 Å². The molecule has 0 amide bonds. The van der Waals surface area contributed by atoms with Crippen molar-refractivity contribution in [3.63, 3.8) is 0 Å². The summed E-state index contributed by atoms with van der Waals surface area (Å²) in [7, 11) is 1.77. The van der Waals surface area contributed by atoms with Crippen LogP contribution < -0.4 is 5.32 Å². The van der Waals surface area contributed by atoms with Crippen LogP contribution in [-0.2, 0) is 5.72 Å². The molecule has 2 N–H and O–H groups in total. The van der Waals surface area contributed by atoms with Gasteiger partial charge in [-0.25, -0.2) is 0 Å². The van der Waals surface area contributed by atoms with Crippen molar-refractivity contribution in [1.82, 2.24) is 5.32 Å². The van der Waals surface area contributed by atoms with E-state index in [-0.39, 0.29) is 0 Å². The lowest BCUT2D eigenvalue weighted by molar-refractivity contribution is 0.00778. The molecule has 0 aromatic carbocycles. The van der Waals surface area contributed by atoms with E-state index in [1.807, 2.05) is 24.4 Å². The minimum atomic E-state index is -0.825. The van der Waals surface area contributed by atoms with Crippen molar-refractivity contribution in [3.8, 4) is 0 Å². The standard InChI is InChI=1S/C8H13NOS/c1-3-8(10,9-2)7-5-4-6-11-7/h4-6,9-10H,3H2,1-2H3/t8-/m1/s1. The molecule has 0 aliphatic rings. The topological polar surface area (TPSA) is 32.3 Å². The van der Waals surface area contributed by atoms with Gasteiger partial charge in [0.15, 0.2) is 5.72 Å². The number of nitrogens with one attached hydrogen (secondary N) is 1. The Labute approximate surface area is 70.9 Å². The lowest BCUT2D eigenvalue weighted by Crippen LogP contribution is -2.38. The largest absolute Gasteiger partial charge is 0.371 e. The van der Waals surface area contributed by atoms with Crippen LogP contribution in [0.3, 0.4) is 0 Å². The maximum atomic E-state index is 9.89. The van der Waals surface area contributed by atoms with Crippen molar-refractivity contribution in [2.75, 3.05) is 7.05 Å². The minimum Gasteiger partial charge on any atom is -0.371 e. The summed E-state index contributed by atoms with van der Waals surface area (Å²) >= 11 is 1.57. The molecule has 0 unspecified atom stereocenters. The molecule has 0 saturated heterocycles. The van der Waals surface area contributed by atoms with Gasteiger partial charge < -0.3 is 5.11 Å². The molecule has 1 heterocycles. The predicted molar refractivity (Wildman–Crippen MR) is 47.6 cm³/mol. The Bertz CT molecular complexity index is 204. The molecule has 62 valence electrons. The Hall–Kier alpha value is -0.380. The highest BCUT2D eigenvalue weighted by Gasteiger charge is 2.25. The molecule has 0 fully saturated rings. The summed E-state index contributed by atoms with van der Waals surface area (Å²) < 4.78 is 0. The third-order valence-corrected chi connectivity index (χ3v) is 2.87. The Kier molecular flexibility index (Phi) is 2.65. The second-order valence-corrected chi connectivity index (χ2v) is 3.39. The van der Waals surface area contributed by atoms with Gasteiger partial charge in [-0.05, 0) is 24.9 Å². The molecule has 3 heteroatoms. The number of hydrogen-bond donors (Lipinski definition) is 2. The van der Waals surface area contributed by atoms with Crippen molar-refractivity contribution < 1.29 is 5.11 Å². The maximum Gasteiger partial charge on any atom is 0.150 e. The Morgan fingerprint density at radius 3 is 2.82 bits per heavy atom. The third kappa shape index (κ3) is 1.61. The smallest absolute Gasteiger partial charge is 0.150 e. The summed E-state index contributed by atoms with van der Waals surface area (Å²) in [5.41, 5.74) is -0.825. The summed E-state index contributed by atoms with van der Waals surface area (Å²) in [5, 5.41) is 14.8. The normalized spacial score (nSPS) is 16.3. The van der Waals surface area contributed by atoms with Crippen LogP contribution >= 0.6 is 11.3 Å². The van der Waals surface area contributed by atoms with Gasteiger partial charge in [0.2, 0.25) is 0 Å². The number of hydrogen-bond acceptors (Lipinski definition) is 3. The summed E-state index contributed by atoms with van der Waals surface area (Å²) in [6.07, 6.45) is 0.685. The highest BCUT2D eigenvalue weighted by molar-refractivity contribution is 7.10. The highest BCUT2D eigenvalue weighted by atomic mass is 32.1. The predicted octanol–water partition coefficient (Wildman–Crippen LogP) is 1.52. The second-order valence-electron chi connectivity index (χ2n) is 2.44. The second kappa shape index (κ2) is 3.34. The average Bonchev–Trinajstić information content (AvgIpc) is 2.55. The number of thiophene rings is 1. The molecule has 0 bridgehead atoms. The van der Waals surface area contributed by atoms with E-state index in [0.29, 0.717) is 6.42 Å². The summed E-state index contributed by atoms with van der Waals surface area (Å²) in [4.78, 5) is 0.975. The number of aliphatic hydroxyl groups is 1.